The van der Waals surface area contributed by atoms with Crippen LogP contribution in [0.4, 0.5) is 0 Å². The highest BCUT2D eigenvalue weighted by atomic mass is 16.5. The third-order valence-corrected chi connectivity index (χ3v) is 3.51. The van der Waals surface area contributed by atoms with Gasteiger partial charge in [0.1, 0.15) is 5.75 Å². The summed E-state index contributed by atoms with van der Waals surface area (Å²) in [4.78, 5) is 0. The molecule has 0 aliphatic carbocycles. The lowest BCUT2D eigenvalue weighted by Crippen LogP contribution is -2.30. The van der Waals surface area contributed by atoms with E-state index in [4.69, 9.17) is 15.2 Å². The second-order valence-corrected chi connectivity index (χ2v) is 5.68. The zero-order chi connectivity index (χ0) is 15.0. The molecule has 0 saturated heterocycles. The maximum Gasteiger partial charge on any atom is 0.119 e. The lowest BCUT2D eigenvalue weighted by Gasteiger charge is -2.24. The van der Waals surface area contributed by atoms with Crippen molar-refractivity contribution in [2.45, 2.75) is 52.2 Å². The van der Waals surface area contributed by atoms with Crippen LogP contribution in [0.15, 0.2) is 24.3 Å². The molecule has 0 aromatic heterocycles. The van der Waals surface area contributed by atoms with E-state index in [9.17, 15) is 0 Å². The molecule has 2 atom stereocenters. The molecule has 3 heteroatoms. The van der Waals surface area contributed by atoms with Gasteiger partial charge in [-0.15, -0.1) is 0 Å². The number of methoxy groups -OCH3 is 1. The quantitative estimate of drug-likeness (QED) is 0.697. The minimum atomic E-state index is -0.0535. The molecule has 2 unspecified atom stereocenters. The van der Waals surface area contributed by atoms with Crippen molar-refractivity contribution in [3.8, 4) is 5.75 Å². The van der Waals surface area contributed by atoms with Crippen LogP contribution in [-0.4, -0.2) is 19.8 Å². The largest absolute Gasteiger partial charge is 0.497 e. The molecule has 1 aromatic carbocycles. The predicted molar refractivity (Wildman–Crippen MR) is 84.0 cm³/mol. The Morgan fingerprint density at radius 3 is 2.60 bits per heavy atom. The zero-order valence-corrected chi connectivity index (χ0v) is 13.3. The van der Waals surface area contributed by atoms with Crippen LogP contribution in [0.5, 0.6) is 5.75 Å². The first-order chi connectivity index (χ1) is 9.58. The third-order valence-electron chi connectivity index (χ3n) is 3.51. The second kappa shape index (κ2) is 8.98. The van der Waals surface area contributed by atoms with Crippen LogP contribution >= 0.6 is 0 Å². The summed E-state index contributed by atoms with van der Waals surface area (Å²) in [5.74, 6) is 1.57. The summed E-state index contributed by atoms with van der Waals surface area (Å²) >= 11 is 0. The SMILES string of the molecule is CCC(N)C(OCCCC(C)C)c1cccc(OC)c1. The van der Waals surface area contributed by atoms with E-state index in [1.54, 1.807) is 7.11 Å². The molecule has 2 N–H and O–H groups in total. The molecule has 0 heterocycles. The van der Waals surface area contributed by atoms with Crippen molar-refractivity contribution in [2.75, 3.05) is 13.7 Å². The van der Waals surface area contributed by atoms with Crippen molar-refractivity contribution in [2.24, 2.45) is 11.7 Å². The molecule has 0 spiro atoms. The van der Waals surface area contributed by atoms with Crippen LogP contribution in [-0.2, 0) is 4.74 Å². The summed E-state index contributed by atoms with van der Waals surface area (Å²) in [5, 5.41) is 0. The fraction of sp³-hybridized carbons (Fsp3) is 0.647. The van der Waals surface area contributed by atoms with Crippen LogP contribution in [0.25, 0.3) is 0 Å². The first-order valence-corrected chi connectivity index (χ1v) is 7.59. The average Bonchev–Trinajstić information content (AvgIpc) is 2.46. The summed E-state index contributed by atoms with van der Waals surface area (Å²) < 4.78 is 11.3. The number of hydrogen-bond donors (Lipinski definition) is 1. The van der Waals surface area contributed by atoms with E-state index in [2.05, 4.69) is 26.8 Å². The maximum atomic E-state index is 6.22. The van der Waals surface area contributed by atoms with Crippen LogP contribution in [0.1, 0.15) is 51.7 Å². The van der Waals surface area contributed by atoms with Gasteiger partial charge in [-0.2, -0.15) is 0 Å². The highest BCUT2D eigenvalue weighted by Crippen LogP contribution is 2.26. The van der Waals surface area contributed by atoms with Crippen molar-refractivity contribution in [3.63, 3.8) is 0 Å². The van der Waals surface area contributed by atoms with Gasteiger partial charge >= 0.3 is 0 Å². The summed E-state index contributed by atoms with van der Waals surface area (Å²) in [6, 6.07) is 8.02. The van der Waals surface area contributed by atoms with Gasteiger partial charge < -0.3 is 15.2 Å². The van der Waals surface area contributed by atoms with Crippen molar-refractivity contribution in [3.05, 3.63) is 29.8 Å². The van der Waals surface area contributed by atoms with Gasteiger partial charge in [0.25, 0.3) is 0 Å². The average molecular weight is 279 g/mol. The minimum Gasteiger partial charge on any atom is -0.497 e. The molecule has 114 valence electrons. The molecule has 0 aliphatic heterocycles. The Bertz CT molecular complexity index is 379. The minimum absolute atomic E-state index is 0.0150. The lowest BCUT2D eigenvalue weighted by atomic mass is 10.0. The van der Waals surface area contributed by atoms with E-state index in [1.165, 1.54) is 6.42 Å². The van der Waals surface area contributed by atoms with Gasteiger partial charge in [0.15, 0.2) is 0 Å². The molecule has 0 amide bonds. The predicted octanol–water partition coefficient (Wildman–Crippen LogP) is 3.93. The number of rotatable bonds is 9. The molecular weight excluding hydrogens is 250 g/mol. The summed E-state index contributed by atoms with van der Waals surface area (Å²) in [6.45, 7) is 7.32. The van der Waals surface area contributed by atoms with Crippen molar-refractivity contribution < 1.29 is 9.47 Å². The van der Waals surface area contributed by atoms with Gasteiger partial charge in [0, 0.05) is 12.6 Å². The number of ether oxygens (including phenoxy) is 2. The first-order valence-electron chi connectivity index (χ1n) is 7.59. The first kappa shape index (κ1) is 17.0. The van der Waals surface area contributed by atoms with Gasteiger partial charge in [0.05, 0.1) is 13.2 Å². The van der Waals surface area contributed by atoms with E-state index in [0.29, 0.717) is 5.92 Å². The van der Waals surface area contributed by atoms with E-state index >= 15 is 0 Å². The van der Waals surface area contributed by atoms with Crippen LogP contribution < -0.4 is 10.5 Å². The monoisotopic (exact) mass is 279 g/mol. The lowest BCUT2D eigenvalue weighted by molar-refractivity contribution is 0.0300. The van der Waals surface area contributed by atoms with E-state index in [0.717, 1.165) is 30.8 Å². The fourth-order valence-electron chi connectivity index (χ4n) is 2.20. The fourth-order valence-corrected chi connectivity index (χ4v) is 2.20. The van der Waals surface area contributed by atoms with Crippen LogP contribution in [0.2, 0.25) is 0 Å². The van der Waals surface area contributed by atoms with E-state index < -0.39 is 0 Å². The molecular formula is C17H29NO2. The Labute approximate surface area is 123 Å². The van der Waals surface area contributed by atoms with Crippen molar-refractivity contribution >= 4 is 0 Å². The van der Waals surface area contributed by atoms with Gasteiger partial charge in [-0.1, -0.05) is 32.9 Å². The number of nitrogens with two attached hydrogens (primary N) is 1. The van der Waals surface area contributed by atoms with Crippen molar-refractivity contribution in [1.82, 2.24) is 0 Å². The van der Waals surface area contributed by atoms with Crippen molar-refractivity contribution in [1.29, 1.82) is 0 Å². The highest BCUT2D eigenvalue weighted by Gasteiger charge is 2.19. The Morgan fingerprint density at radius 1 is 1.25 bits per heavy atom. The summed E-state index contributed by atoms with van der Waals surface area (Å²) in [5.41, 5.74) is 7.32. The second-order valence-electron chi connectivity index (χ2n) is 5.68. The molecule has 0 radical (unpaired) electrons. The molecule has 0 aliphatic rings. The Kier molecular flexibility index (Phi) is 7.63. The number of benzene rings is 1. The van der Waals surface area contributed by atoms with Crippen LogP contribution in [0.3, 0.4) is 0 Å². The highest BCUT2D eigenvalue weighted by molar-refractivity contribution is 5.30. The topological polar surface area (TPSA) is 44.5 Å². The number of hydrogen-bond acceptors (Lipinski definition) is 3. The Balaban J connectivity index is 2.68. The molecule has 1 aromatic rings. The molecule has 3 nitrogen and oxygen atoms in total. The Morgan fingerprint density at radius 2 is 2.00 bits per heavy atom. The molecule has 0 bridgehead atoms. The standard InChI is InChI=1S/C17H29NO2/c1-5-16(18)17(20-11-7-8-13(2)3)14-9-6-10-15(12-14)19-4/h6,9-10,12-13,16-17H,5,7-8,11,18H2,1-4H3. The normalized spacial score (nSPS) is 14.3. The molecule has 0 saturated carbocycles. The molecule has 20 heavy (non-hydrogen) atoms. The van der Waals surface area contributed by atoms with Gasteiger partial charge in [-0.25, -0.2) is 0 Å². The summed E-state index contributed by atoms with van der Waals surface area (Å²) in [7, 11) is 1.68. The van der Waals surface area contributed by atoms with Gasteiger partial charge in [0.2, 0.25) is 0 Å². The van der Waals surface area contributed by atoms with E-state index in [1.807, 2.05) is 18.2 Å². The zero-order valence-electron chi connectivity index (χ0n) is 13.3. The molecule has 0 fully saturated rings. The molecule has 1 rings (SSSR count). The van der Waals surface area contributed by atoms with Gasteiger partial charge in [-0.3, -0.25) is 0 Å². The Hall–Kier alpha value is -1.06. The third kappa shape index (κ3) is 5.51. The van der Waals surface area contributed by atoms with Gasteiger partial charge in [-0.05, 0) is 42.9 Å². The van der Waals surface area contributed by atoms with E-state index in [-0.39, 0.29) is 12.1 Å². The summed E-state index contributed by atoms with van der Waals surface area (Å²) in [6.07, 6.45) is 3.11. The smallest absolute Gasteiger partial charge is 0.119 e. The maximum absolute atomic E-state index is 6.22. The van der Waals surface area contributed by atoms with Crippen LogP contribution in [0, 0.1) is 5.92 Å².